The van der Waals surface area contributed by atoms with Crippen molar-refractivity contribution in [1.82, 2.24) is 0 Å². The van der Waals surface area contributed by atoms with E-state index < -0.39 is 0 Å². The molecule has 0 saturated heterocycles. The van der Waals surface area contributed by atoms with Crippen molar-refractivity contribution in [3.05, 3.63) is 176 Å². The number of rotatable bonds is 5. The molecule has 2 nitrogen and oxygen atoms in total. The number of hydrogen-bond acceptors (Lipinski definition) is 2. The van der Waals surface area contributed by atoms with E-state index >= 15 is 0 Å². The van der Waals surface area contributed by atoms with Gasteiger partial charge in [0.25, 0.3) is 0 Å². The van der Waals surface area contributed by atoms with Crippen molar-refractivity contribution in [2.45, 2.75) is 0 Å². The fourth-order valence-electron chi connectivity index (χ4n) is 8.40. The van der Waals surface area contributed by atoms with Crippen molar-refractivity contribution < 1.29 is 4.42 Å². The second-order valence-corrected chi connectivity index (χ2v) is 13.2. The van der Waals surface area contributed by atoms with Crippen LogP contribution in [0.15, 0.2) is 180 Å². The molecule has 0 atom stereocenters. The highest BCUT2D eigenvalue weighted by atomic mass is 16.3. The average Bonchev–Trinajstić information content (AvgIpc) is 3.51. The first-order chi connectivity index (χ1) is 24.8. The van der Waals surface area contributed by atoms with Crippen LogP contribution in [0.4, 0.5) is 17.1 Å². The Labute approximate surface area is 289 Å². The van der Waals surface area contributed by atoms with Gasteiger partial charge in [-0.15, -0.1) is 0 Å². The molecule has 0 unspecified atom stereocenters. The first-order valence-electron chi connectivity index (χ1n) is 17.2. The number of benzene rings is 9. The SMILES string of the molecule is c1ccc(-c2ccc(N(c3ccccc3-c3ccccc3)c3cc4oc5ccc6cccc7c6c5c4c4c3ccc3cccc-7c34)cc2)cc1. The zero-order valence-electron chi connectivity index (χ0n) is 27.1. The van der Waals surface area contributed by atoms with Gasteiger partial charge in [0, 0.05) is 44.2 Å². The largest absolute Gasteiger partial charge is 0.456 e. The van der Waals surface area contributed by atoms with Crippen molar-refractivity contribution in [1.29, 1.82) is 0 Å². The first-order valence-corrected chi connectivity index (χ1v) is 17.2. The Kier molecular flexibility index (Phi) is 5.70. The van der Waals surface area contributed by atoms with E-state index in [1.54, 1.807) is 0 Å². The molecular formula is C48H29NO. The Morgan fingerprint density at radius 2 is 0.920 bits per heavy atom. The summed E-state index contributed by atoms with van der Waals surface area (Å²) in [5, 5.41) is 9.85. The number of fused-ring (bicyclic) bond motifs is 1. The summed E-state index contributed by atoms with van der Waals surface area (Å²) in [5.74, 6) is 0. The van der Waals surface area contributed by atoms with E-state index in [1.165, 1.54) is 70.9 Å². The van der Waals surface area contributed by atoms with E-state index in [1.807, 2.05) is 0 Å². The second kappa shape index (κ2) is 10.4. The van der Waals surface area contributed by atoms with Crippen molar-refractivity contribution in [3.8, 4) is 33.4 Å². The topological polar surface area (TPSA) is 16.4 Å². The molecule has 0 fully saturated rings. The van der Waals surface area contributed by atoms with E-state index in [4.69, 9.17) is 4.42 Å². The molecule has 1 heterocycles. The van der Waals surface area contributed by atoms with Crippen LogP contribution in [0.1, 0.15) is 0 Å². The molecule has 0 saturated carbocycles. The van der Waals surface area contributed by atoms with Crippen LogP contribution in [0, 0.1) is 0 Å². The molecule has 1 aliphatic rings. The smallest absolute Gasteiger partial charge is 0.138 e. The molecule has 0 radical (unpaired) electrons. The standard InChI is InChI=1S/C48H29NO/c1-3-11-30(12-4-1)31-21-25-35(26-22-31)49(40-20-8-7-17-36(40)32-13-5-2-6-14-32)41-29-43-48-46-39(41)27-23-33-15-9-18-37(44(33)46)38-19-10-16-34-24-28-42(50-43)47(48)45(34)38/h1-29H. The molecule has 0 aliphatic heterocycles. The fourth-order valence-corrected chi connectivity index (χ4v) is 8.40. The monoisotopic (exact) mass is 635 g/mol. The maximum Gasteiger partial charge on any atom is 0.138 e. The molecule has 0 spiro atoms. The summed E-state index contributed by atoms with van der Waals surface area (Å²) < 4.78 is 6.87. The first kappa shape index (κ1) is 27.3. The molecule has 9 aromatic carbocycles. The van der Waals surface area contributed by atoms with Crippen LogP contribution in [0.25, 0.3) is 87.6 Å². The molecule has 0 amide bonds. The van der Waals surface area contributed by atoms with Gasteiger partial charge in [0.05, 0.1) is 11.4 Å². The van der Waals surface area contributed by atoms with Gasteiger partial charge in [-0.05, 0) is 68.2 Å². The summed E-state index contributed by atoms with van der Waals surface area (Å²) in [6, 6.07) is 63.7. The quantitative estimate of drug-likeness (QED) is 0.175. The van der Waals surface area contributed by atoms with Gasteiger partial charge < -0.3 is 9.32 Å². The van der Waals surface area contributed by atoms with Gasteiger partial charge in [0.15, 0.2) is 0 Å². The number of para-hydroxylation sites is 1. The van der Waals surface area contributed by atoms with Crippen molar-refractivity contribution in [2.24, 2.45) is 0 Å². The minimum Gasteiger partial charge on any atom is -0.456 e. The Hall–Kier alpha value is -6.64. The number of anilines is 3. The molecule has 0 bridgehead atoms. The van der Waals surface area contributed by atoms with Gasteiger partial charge in [0.1, 0.15) is 11.2 Å². The normalized spacial score (nSPS) is 12.0. The van der Waals surface area contributed by atoms with Crippen LogP contribution in [-0.2, 0) is 0 Å². The van der Waals surface area contributed by atoms with Crippen LogP contribution >= 0.6 is 0 Å². The molecule has 232 valence electrons. The average molecular weight is 636 g/mol. The molecule has 11 rings (SSSR count). The van der Waals surface area contributed by atoms with E-state index in [0.29, 0.717) is 0 Å². The number of nitrogens with zero attached hydrogens (tertiary/aromatic N) is 1. The van der Waals surface area contributed by atoms with E-state index in [2.05, 4.69) is 181 Å². The Morgan fingerprint density at radius 1 is 0.340 bits per heavy atom. The summed E-state index contributed by atoms with van der Waals surface area (Å²) in [6.07, 6.45) is 0. The van der Waals surface area contributed by atoms with Crippen molar-refractivity contribution >= 4 is 71.3 Å². The van der Waals surface area contributed by atoms with Crippen LogP contribution in [0.5, 0.6) is 0 Å². The summed E-state index contributed by atoms with van der Waals surface area (Å²) in [7, 11) is 0. The summed E-state index contributed by atoms with van der Waals surface area (Å²) in [5.41, 5.74) is 12.4. The van der Waals surface area contributed by atoms with Gasteiger partial charge in [-0.2, -0.15) is 0 Å². The summed E-state index contributed by atoms with van der Waals surface area (Å²) in [6.45, 7) is 0. The molecule has 0 N–H and O–H groups in total. The molecule has 10 aromatic rings. The van der Waals surface area contributed by atoms with E-state index in [9.17, 15) is 0 Å². The van der Waals surface area contributed by atoms with Gasteiger partial charge in [-0.1, -0.05) is 146 Å². The highest BCUT2D eigenvalue weighted by molar-refractivity contribution is 6.38. The lowest BCUT2D eigenvalue weighted by molar-refractivity contribution is 0.669. The van der Waals surface area contributed by atoms with Crippen LogP contribution in [0.2, 0.25) is 0 Å². The molecular weight excluding hydrogens is 607 g/mol. The van der Waals surface area contributed by atoms with Gasteiger partial charge in [-0.25, -0.2) is 0 Å². The highest BCUT2D eigenvalue weighted by Crippen LogP contribution is 2.53. The minimum absolute atomic E-state index is 0.900. The van der Waals surface area contributed by atoms with Crippen LogP contribution in [-0.4, -0.2) is 0 Å². The summed E-state index contributed by atoms with van der Waals surface area (Å²) >= 11 is 0. The van der Waals surface area contributed by atoms with Crippen molar-refractivity contribution in [2.75, 3.05) is 4.90 Å². The van der Waals surface area contributed by atoms with E-state index in [-0.39, 0.29) is 0 Å². The lowest BCUT2D eigenvalue weighted by Crippen LogP contribution is -2.12. The minimum atomic E-state index is 0.900. The van der Waals surface area contributed by atoms with Crippen LogP contribution < -0.4 is 4.90 Å². The third-order valence-electron chi connectivity index (χ3n) is 10.6. The zero-order chi connectivity index (χ0) is 32.8. The number of hydrogen-bond donors (Lipinski definition) is 0. The maximum atomic E-state index is 6.87. The van der Waals surface area contributed by atoms with Crippen LogP contribution in [0.3, 0.4) is 0 Å². The Morgan fingerprint density at radius 3 is 1.66 bits per heavy atom. The Bertz CT molecular complexity index is 2960. The van der Waals surface area contributed by atoms with Gasteiger partial charge >= 0.3 is 0 Å². The van der Waals surface area contributed by atoms with Crippen molar-refractivity contribution in [3.63, 3.8) is 0 Å². The lowest BCUT2D eigenvalue weighted by atomic mass is 9.92. The molecule has 1 aliphatic carbocycles. The maximum absolute atomic E-state index is 6.87. The van der Waals surface area contributed by atoms with E-state index in [0.717, 1.165) is 33.8 Å². The second-order valence-electron chi connectivity index (χ2n) is 13.2. The molecule has 1 aromatic heterocycles. The molecule has 2 heteroatoms. The van der Waals surface area contributed by atoms with Gasteiger partial charge in [-0.3, -0.25) is 0 Å². The Balaban J connectivity index is 1.28. The number of furan rings is 1. The predicted octanol–water partition coefficient (Wildman–Crippen LogP) is 13.8. The fraction of sp³-hybridized carbons (Fsp3) is 0. The molecule has 50 heavy (non-hydrogen) atoms. The third-order valence-corrected chi connectivity index (χ3v) is 10.6. The lowest BCUT2D eigenvalue weighted by Gasteiger charge is -2.29. The van der Waals surface area contributed by atoms with Gasteiger partial charge in [0.2, 0.25) is 0 Å². The zero-order valence-corrected chi connectivity index (χ0v) is 27.1. The summed E-state index contributed by atoms with van der Waals surface area (Å²) in [4.78, 5) is 2.43. The highest BCUT2D eigenvalue weighted by Gasteiger charge is 2.27. The predicted molar refractivity (Wildman–Crippen MR) is 211 cm³/mol. The third kappa shape index (κ3) is 3.85.